The maximum absolute atomic E-state index is 12.0. The lowest BCUT2D eigenvalue weighted by atomic mass is 10.2. The number of tetrazole rings is 1. The van der Waals surface area contributed by atoms with Crippen LogP contribution < -0.4 is 5.56 Å². The third-order valence-corrected chi connectivity index (χ3v) is 4.22. The zero-order valence-corrected chi connectivity index (χ0v) is 12.5. The van der Waals surface area contributed by atoms with E-state index in [-0.39, 0.29) is 11.4 Å². The Hall–Kier alpha value is -2.12. The molecule has 2 aromatic heterocycles. The van der Waals surface area contributed by atoms with Gasteiger partial charge < -0.3 is 4.98 Å². The lowest BCUT2D eigenvalue weighted by Crippen LogP contribution is -2.11. The molecule has 3 aromatic rings. The van der Waals surface area contributed by atoms with Crippen LogP contribution in [0.4, 0.5) is 0 Å². The molecule has 3 rings (SSSR count). The number of H-pyrrole nitrogens is 2. The van der Waals surface area contributed by atoms with Crippen LogP contribution in [0.1, 0.15) is 5.69 Å². The summed E-state index contributed by atoms with van der Waals surface area (Å²) in [6.07, 6.45) is 0. The molecule has 0 atom stereocenters. The molecule has 21 heavy (non-hydrogen) atoms. The van der Waals surface area contributed by atoms with Crippen molar-refractivity contribution in [3.63, 3.8) is 0 Å². The number of benzene rings is 1. The molecule has 0 unspecified atom stereocenters. The first-order chi connectivity index (χ1) is 10.1. The minimum Gasteiger partial charge on any atom is -0.325 e. The molecule has 6 nitrogen and oxygen atoms in total. The zero-order valence-electron chi connectivity index (χ0n) is 10.9. The molecule has 0 saturated heterocycles. The first kappa shape index (κ1) is 13.8. The Kier molecular flexibility index (Phi) is 3.76. The molecule has 8 heteroatoms. The average molecular weight is 320 g/mol. The maximum atomic E-state index is 12.0. The highest BCUT2D eigenvalue weighted by Gasteiger charge is 2.12. The van der Waals surface area contributed by atoms with Crippen molar-refractivity contribution >= 4 is 23.4 Å². The van der Waals surface area contributed by atoms with Crippen LogP contribution in [-0.4, -0.2) is 25.6 Å². The van der Waals surface area contributed by atoms with Crippen molar-refractivity contribution in [3.05, 3.63) is 51.4 Å². The van der Waals surface area contributed by atoms with Crippen LogP contribution in [0.25, 0.3) is 11.4 Å². The normalized spacial score (nSPS) is 10.8. The molecular weight excluding hydrogens is 310 g/mol. The summed E-state index contributed by atoms with van der Waals surface area (Å²) in [4.78, 5) is 16.7. The summed E-state index contributed by atoms with van der Waals surface area (Å²) in [7, 11) is 0. The second kappa shape index (κ2) is 5.71. The molecule has 1 aromatic carbocycles. The minimum absolute atomic E-state index is 0.241. The van der Waals surface area contributed by atoms with Crippen molar-refractivity contribution in [2.45, 2.75) is 16.7 Å². The van der Waals surface area contributed by atoms with Crippen LogP contribution >= 0.6 is 23.4 Å². The number of halogens is 1. The first-order valence-corrected chi connectivity index (χ1v) is 7.24. The highest BCUT2D eigenvalue weighted by atomic mass is 35.5. The summed E-state index contributed by atoms with van der Waals surface area (Å²) in [6, 6.07) is 9.26. The molecule has 0 aliphatic rings. The predicted molar refractivity (Wildman–Crippen MR) is 80.5 cm³/mol. The van der Waals surface area contributed by atoms with Gasteiger partial charge in [-0.25, -0.2) is 0 Å². The topological polar surface area (TPSA) is 87.3 Å². The third-order valence-electron chi connectivity index (χ3n) is 2.82. The Bertz CT molecular complexity index is 814. The van der Waals surface area contributed by atoms with Gasteiger partial charge in [-0.2, -0.15) is 5.21 Å². The van der Waals surface area contributed by atoms with Crippen molar-refractivity contribution in [3.8, 4) is 11.4 Å². The summed E-state index contributed by atoms with van der Waals surface area (Å²) in [6.45, 7) is 1.85. The summed E-state index contributed by atoms with van der Waals surface area (Å²) in [5.74, 6) is 0.272. The number of nitrogens with one attached hydrogen (secondary N) is 2. The van der Waals surface area contributed by atoms with Gasteiger partial charge in [0.2, 0.25) is 5.82 Å². The first-order valence-electron chi connectivity index (χ1n) is 6.04. The van der Waals surface area contributed by atoms with Gasteiger partial charge >= 0.3 is 0 Å². The number of rotatable bonds is 3. The number of hydrogen-bond donors (Lipinski definition) is 2. The Morgan fingerprint density at radius 2 is 2.00 bits per heavy atom. The van der Waals surface area contributed by atoms with Gasteiger partial charge in [-0.3, -0.25) is 4.79 Å². The number of aryl methyl sites for hydroxylation is 1. The van der Waals surface area contributed by atoms with Crippen molar-refractivity contribution in [2.75, 3.05) is 0 Å². The van der Waals surface area contributed by atoms with Crippen molar-refractivity contribution in [2.24, 2.45) is 0 Å². The highest BCUT2D eigenvalue weighted by molar-refractivity contribution is 7.99. The molecular formula is C13H10ClN5OS. The lowest BCUT2D eigenvalue weighted by molar-refractivity contribution is 0.881. The summed E-state index contributed by atoms with van der Waals surface area (Å²) >= 11 is 7.40. The molecule has 2 N–H and O–H groups in total. The van der Waals surface area contributed by atoms with E-state index in [2.05, 4.69) is 25.6 Å². The van der Waals surface area contributed by atoms with Crippen molar-refractivity contribution in [1.29, 1.82) is 0 Å². The quantitative estimate of drug-likeness (QED) is 0.775. The average Bonchev–Trinajstić information content (AvgIpc) is 2.98. The summed E-state index contributed by atoms with van der Waals surface area (Å²) in [5.41, 5.74) is 0.923. The van der Waals surface area contributed by atoms with E-state index in [9.17, 15) is 4.79 Å². The number of aromatic amines is 2. The molecule has 0 bridgehead atoms. The van der Waals surface area contributed by atoms with Gasteiger partial charge in [0.25, 0.3) is 5.56 Å². The van der Waals surface area contributed by atoms with Crippen molar-refractivity contribution in [1.82, 2.24) is 25.6 Å². The van der Waals surface area contributed by atoms with E-state index in [1.165, 1.54) is 11.8 Å². The SMILES string of the molecule is Cc1[nH]c(=O)c(-c2nn[nH]n2)cc1Sc1ccc(Cl)cc1. The number of nitrogens with zero attached hydrogens (tertiary/aromatic N) is 3. The fourth-order valence-electron chi connectivity index (χ4n) is 1.78. The Labute approximate surface area is 128 Å². The minimum atomic E-state index is -0.241. The second-order valence-corrected chi connectivity index (χ2v) is 5.84. The van der Waals surface area contributed by atoms with Crippen molar-refractivity contribution < 1.29 is 0 Å². The van der Waals surface area contributed by atoms with E-state index in [0.29, 0.717) is 10.6 Å². The monoisotopic (exact) mass is 319 g/mol. The van der Waals surface area contributed by atoms with E-state index in [0.717, 1.165) is 15.5 Å². The third kappa shape index (κ3) is 2.98. The summed E-state index contributed by atoms with van der Waals surface area (Å²) < 4.78 is 0. The Morgan fingerprint density at radius 3 is 2.67 bits per heavy atom. The predicted octanol–water partition coefficient (Wildman–Crippen LogP) is 2.67. The van der Waals surface area contributed by atoms with E-state index in [1.807, 2.05) is 31.2 Å². The van der Waals surface area contributed by atoms with Crippen LogP contribution in [0, 0.1) is 6.92 Å². The van der Waals surface area contributed by atoms with E-state index >= 15 is 0 Å². The smallest absolute Gasteiger partial charge is 0.259 e. The van der Waals surface area contributed by atoms with Crippen LogP contribution in [-0.2, 0) is 0 Å². The molecule has 0 saturated carbocycles. The van der Waals surface area contributed by atoms with E-state index < -0.39 is 0 Å². The molecule has 0 amide bonds. The Morgan fingerprint density at radius 1 is 1.24 bits per heavy atom. The molecule has 0 radical (unpaired) electrons. The second-order valence-electron chi connectivity index (χ2n) is 4.29. The van der Waals surface area contributed by atoms with Gasteiger partial charge in [0, 0.05) is 20.5 Å². The van der Waals surface area contributed by atoms with E-state index in [4.69, 9.17) is 11.6 Å². The van der Waals surface area contributed by atoms with Gasteiger partial charge in [0.1, 0.15) is 0 Å². The molecule has 0 spiro atoms. The molecule has 2 heterocycles. The Balaban J connectivity index is 2.00. The zero-order chi connectivity index (χ0) is 14.8. The van der Waals surface area contributed by atoms with Gasteiger partial charge in [-0.1, -0.05) is 23.4 Å². The van der Waals surface area contributed by atoms with Gasteiger partial charge in [-0.15, -0.1) is 10.2 Å². The van der Waals surface area contributed by atoms with Crippen LogP contribution in [0.3, 0.4) is 0 Å². The standard InChI is InChI=1S/C13H10ClN5OS/c1-7-11(21-9-4-2-8(14)3-5-9)6-10(13(20)15-7)12-16-18-19-17-12/h2-6H,1H3,(H,15,20)(H,16,17,18,19). The molecule has 0 aliphatic heterocycles. The van der Waals surface area contributed by atoms with E-state index in [1.54, 1.807) is 6.07 Å². The fourth-order valence-corrected chi connectivity index (χ4v) is 2.81. The van der Waals surface area contributed by atoms with Gasteiger partial charge in [-0.05, 0) is 42.5 Å². The summed E-state index contributed by atoms with van der Waals surface area (Å²) in [5, 5.41) is 14.2. The fraction of sp³-hybridized carbons (Fsp3) is 0.0769. The highest BCUT2D eigenvalue weighted by Crippen LogP contribution is 2.31. The molecule has 0 aliphatic carbocycles. The maximum Gasteiger partial charge on any atom is 0.259 e. The van der Waals surface area contributed by atoms with Crippen LogP contribution in [0.2, 0.25) is 5.02 Å². The van der Waals surface area contributed by atoms with Gasteiger partial charge in [0.15, 0.2) is 0 Å². The lowest BCUT2D eigenvalue weighted by Gasteiger charge is -2.07. The molecule has 106 valence electrons. The van der Waals surface area contributed by atoms with Gasteiger partial charge in [0.05, 0.1) is 5.56 Å². The van der Waals surface area contributed by atoms with Crippen LogP contribution in [0.5, 0.6) is 0 Å². The van der Waals surface area contributed by atoms with Crippen LogP contribution in [0.15, 0.2) is 44.9 Å². The number of hydrogen-bond acceptors (Lipinski definition) is 5. The number of pyridine rings is 1. The molecule has 0 fully saturated rings. The number of aromatic nitrogens is 5. The largest absolute Gasteiger partial charge is 0.325 e.